The lowest BCUT2D eigenvalue weighted by Crippen LogP contribution is -2.12. The van der Waals surface area contributed by atoms with Crippen LogP contribution in [0, 0.1) is 6.92 Å². The summed E-state index contributed by atoms with van der Waals surface area (Å²) in [4.78, 5) is 12.2. The fraction of sp³-hybridized carbons (Fsp3) is 0.188. The average Bonchev–Trinajstić information content (AvgIpc) is 3.08. The number of halogens is 1. The van der Waals surface area contributed by atoms with Gasteiger partial charge in [-0.25, -0.2) is 0 Å². The van der Waals surface area contributed by atoms with E-state index in [2.05, 4.69) is 62.6 Å². The van der Waals surface area contributed by atoms with Crippen LogP contribution in [-0.4, -0.2) is 25.5 Å². The number of anilines is 1. The molecule has 3 rings (SSSR count). The van der Waals surface area contributed by atoms with Gasteiger partial charge in [0.05, 0.1) is 22.8 Å². The number of rotatable bonds is 4. The van der Waals surface area contributed by atoms with Gasteiger partial charge >= 0.3 is 0 Å². The van der Waals surface area contributed by atoms with Crippen LogP contribution in [0.2, 0.25) is 0 Å². The van der Waals surface area contributed by atoms with Gasteiger partial charge in [0.2, 0.25) is 0 Å². The molecule has 118 valence electrons. The summed E-state index contributed by atoms with van der Waals surface area (Å²) < 4.78 is 4.11. The Morgan fingerprint density at radius 2 is 2.00 bits per heavy atom. The molecule has 0 fully saturated rings. The molecule has 1 aromatic carbocycles. The Bertz CT molecular complexity index is 835. The monoisotopic (exact) mass is 373 g/mol. The third-order valence-electron chi connectivity index (χ3n) is 3.38. The highest BCUT2D eigenvalue weighted by atomic mass is 79.9. The topological polar surface area (TPSA) is 64.7 Å². The number of benzene rings is 1. The minimum Gasteiger partial charge on any atom is -0.304 e. The molecule has 0 spiro atoms. The van der Waals surface area contributed by atoms with Crippen LogP contribution in [0.4, 0.5) is 5.82 Å². The van der Waals surface area contributed by atoms with Crippen LogP contribution in [0.25, 0.3) is 0 Å². The van der Waals surface area contributed by atoms with E-state index in [1.807, 2.05) is 6.20 Å². The van der Waals surface area contributed by atoms with Crippen LogP contribution in [-0.2, 0) is 13.6 Å². The van der Waals surface area contributed by atoms with Crippen LogP contribution < -0.4 is 5.32 Å². The summed E-state index contributed by atoms with van der Waals surface area (Å²) in [7, 11) is 1.77. The fourth-order valence-corrected chi connectivity index (χ4v) is 2.58. The minimum absolute atomic E-state index is 0.237. The molecule has 0 atom stereocenters. The first kappa shape index (κ1) is 15.5. The van der Waals surface area contributed by atoms with Crippen LogP contribution >= 0.6 is 15.9 Å². The maximum Gasteiger partial charge on any atom is 0.260 e. The van der Waals surface area contributed by atoms with E-state index in [-0.39, 0.29) is 5.91 Å². The first-order chi connectivity index (χ1) is 11.0. The van der Waals surface area contributed by atoms with E-state index >= 15 is 0 Å². The van der Waals surface area contributed by atoms with Crippen molar-refractivity contribution < 1.29 is 4.79 Å². The first-order valence-electron chi connectivity index (χ1n) is 7.10. The Morgan fingerprint density at radius 3 is 2.65 bits per heavy atom. The molecule has 7 heteroatoms. The number of carbonyl (C=O) groups is 1. The average molecular weight is 374 g/mol. The second-order valence-corrected chi connectivity index (χ2v) is 6.22. The van der Waals surface area contributed by atoms with Gasteiger partial charge in [-0.3, -0.25) is 14.2 Å². The number of amides is 1. The van der Waals surface area contributed by atoms with E-state index in [1.54, 1.807) is 22.6 Å². The lowest BCUT2D eigenvalue weighted by atomic mass is 10.1. The van der Waals surface area contributed by atoms with Gasteiger partial charge in [0, 0.05) is 19.4 Å². The molecule has 0 aliphatic rings. The van der Waals surface area contributed by atoms with E-state index < -0.39 is 0 Å². The summed E-state index contributed by atoms with van der Waals surface area (Å²) in [6.07, 6.45) is 5.03. The third kappa shape index (κ3) is 3.68. The van der Waals surface area contributed by atoms with E-state index in [4.69, 9.17) is 0 Å². The zero-order valence-corrected chi connectivity index (χ0v) is 14.4. The van der Waals surface area contributed by atoms with Gasteiger partial charge in [-0.2, -0.15) is 10.2 Å². The molecule has 0 aliphatic heterocycles. The predicted molar refractivity (Wildman–Crippen MR) is 91.4 cm³/mol. The maximum atomic E-state index is 12.2. The molecule has 2 aromatic heterocycles. The molecular formula is C16H16BrN5O. The molecule has 1 N–H and O–H groups in total. The van der Waals surface area contributed by atoms with Crippen LogP contribution in [0.1, 0.15) is 21.5 Å². The number of nitrogens with one attached hydrogen (secondary N) is 1. The van der Waals surface area contributed by atoms with Gasteiger partial charge in [0.25, 0.3) is 5.91 Å². The van der Waals surface area contributed by atoms with E-state index in [1.165, 1.54) is 11.8 Å². The van der Waals surface area contributed by atoms with Gasteiger partial charge < -0.3 is 5.32 Å². The number of aromatic nitrogens is 4. The molecule has 0 saturated heterocycles. The normalized spacial score (nSPS) is 10.7. The minimum atomic E-state index is -0.237. The lowest BCUT2D eigenvalue weighted by molar-refractivity contribution is 0.102. The molecule has 2 heterocycles. The second kappa shape index (κ2) is 6.37. The SMILES string of the molecule is Cc1ccc(Cn2cc(Br)c(NC(=O)c3cnn(C)c3)n2)cc1. The summed E-state index contributed by atoms with van der Waals surface area (Å²) in [6, 6.07) is 8.27. The second-order valence-electron chi connectivity index (χ2n) is 5.37. The number of aryl methyl sites for hydroxylation is 2. The van der Waals surface area contributed by atoms with Crippen molar-refractivity contribution in [3.63, 3.8) is 0 Å². The van der Waals surface area contributed by atoms with Crippen molar-refractivity contribution in [3.05, 3.63) is 64.0 Å². The number of hydrogen-bond donors (Lipinski definition) is 1. The highest BCUT2D eigenvalue weighted by molar-refractivity contribution is 9.10. The fourth-order valence-electron chi connectivity index (χ4n) is 2.16. The Labute approximate surface area is 142 Å². The van der Waals surface area contributed by atoms with Crippen molar-refractivity contribution in [2.75, 3.05) is 5.32 Å². The quantitative estimate of drug-likeness (QED) is 0.764. The number of hydrogen-bond acceptors (Lipinski definition) is 3. The smallest absolute Gasteiger partial charge is 0.260 e. The molecule has 0 radical (unpaired) electrons. The molecule has 0 unspecified atom stereocenters. The van der Waals surface area contributed by atoms with Gasteiger partial charge in [0.1, 0.15) is 0 Å². The molecule has 3 aromatic rings. The molecule has 0 saturated carbocycles. The standard InChI is InChI=1S/C16H16BrN5O/c1-11-3-5-12(6-4-11)8-22-10-14(17)15(20-22)19-16(23)13-7-18-21(2)9-13/h3-7,9-10H,8H2,1-2H3,(H,19,20,23). The van der Waals surface area contributed by atoms with E-state index in [9.17, 15) is 4.79 Å². The molecule has 6 nitrogen and oxygen atoms in total. The van der Waals surface area contributed by atoms with E-state index in [0.717, 1.165) is 10.0 Å². The van der Waals surface area contributed by atoms with E-state index in [0.29, 0.717) is 17.9 Å². The predicted octanol–water partition coefficient (Wildman–Crippen LogP) is 2.99. The van der Waals surface area contributed by atoms with Crippen molar-refractivity contribution in [1.82, 2.24) is 19.6 Å². The lowest BCUT2D eigenvalue weighted by Gasteiger charge is -2.03. The highest BCUT2D eigenvalue weighted by Gasteiger charge is 2.13. The maximum absolute atomic E-state index is 12.2. The first-order valence-corrected chi connectivity index (χ1v) is 7.89. The third-order valence-corrected chi connectivity index (χ3v) is 3.96. The molecule has 23 heavy (non-hydrogen) atoms. The zero-order chi connectivity index (χ0) is 16.4. The van der Waals surface area contributed by atoms with Crippen molar-refractivity contribution in [3.8, 4) is 0 Å². The van der Waals surface area contributed by atoms with Crippen molar-refractivity contribution in [2.45, 2.75) is 13.5 Å². The van der Waals surface area contributed by atoms with Crippen LogP contribution in [0.15, 0.2) is 47.3 Å². The molecular weight excluding hydrogens is 358 g/mol. The number of carbonyl (C=O) groups excluding carboxylic acids is 1. The van der Waals surface area contributed by atoms with Crippen molar-refractivity contribution >= 4 is 27.7 Å². The Balaban J connectivity index is 1.73. The summed E-state index contributed by atoms with van der Waals surface area (Å²) in [6.45, 7) is 2.70. The summed E-state index contributed by atoms with van der Waals surface area (Å²) in [5, 5.41) is 11.2. The zero-order valence-electron chi connectivity index (χ0n) is 12.8. The van der Waals surface area contributed by atoms with Crippen molar-refractivity contribution in [1.29, 1.82) is 0 Å². The Morgan fingerprint density at radius 1 is 1.26 bits per heavy atom. The molecule has 0 bridgehead atoms. The van der Waals surface area contributed by atoms with Crippen LogP contribution in [0.5, 0.6) is 0 Å². The summed E-state index contributed by atoms with van der Waals surface area (Å²) in [5.41, 5.74) is 2.86. The van der Waals surface area contributed by atoms with Crippen LogP contribution in [0.3, 0.4) is 0 Å². The largest absolute Gasteiger partial charge is 0.304 e. The van der Waals surface area contributed by atoms with Gasteiger partial charge in [-0.05, 0) is 28.4 Å². The Kier molecular flexibility index (Phi) is 4.29. The Hall–Kier alpha value is -2.41. The molecule has 0 aliphatic carbocycles. The van der Waals surface area contributed by atoms with Crippen molar-refractivity contribution in [2.24, 2.45) is 7.05 Å². The number of nitrogens with zero attached hydrogens (tertiary/aromatic N) is 4. The molecule has 1 amide bonds. The van der Waals surface area contributed by atoms with Gasteiger partial charge in [-0.15, -0.1) is 0 Å². The summed E-state index contributed by atoms with van der Waals surface area (Å²) in [5.74, 6) is 0.255. The van der Waals surface area contributed by atoms with Gasteiger partial charge in [-0.1, -0.05) is 29.8 Å². The van der Waals surface area contributed by atoms with Gasteiger partial charge in [0.15, 0.2) is 5.82 Å². The summed E-state index contributed by atoms with van der Waals surface area (Å²) >= 11 is 3.43. The highest BCUT2D eigenvalue weighted by Crippen LogP contribution is 2.21.